The molecule has 1 aromatic heterocycles. The Balaban J connectivity index is 1.34. The minimum atomic E-state index is -1.23. The van der Waals surface area contributed by atoms with Crippen LogP contribution in [0.3, 0.4) is 0 Å². The number of rotatable bonds is 12. The Morgan fingerprint density at radius 1 is 0.619 bits per heavy atom. The molecule has 4 aromatic carbocycles. The normalized spacial score (nSPS) is 19.0. The highest BCUT2D eigenvalue weighted by molar-refractivity contribution is 7.09. The Morgan fingerprint density at radius 3 is 1.90 bits per heavy atom. The zero-order valence-corrected chi connectivity index (χ0v) is 35.3. The van der Waals surface area contributed by atoms with Crippen LogP contribution in [0.2, 0.25) is 0 Å². The van der Waals surface area contributed by atoms with Gasteiger partial charge in [0.1, 0.15) is 24.2 Å². The number of amides is 6. The van der Waals surface area contributed by atoms with Gasteiger partial charge >= 0.3 is 5.97 Å². The van der Waals surface area contributed by atoms with Gasteiger partial charge in [0.25, 0.3) is 0 Å². The van der Waals surface area contributed by atoms with Crippen LogP contribution in [0.25, 0.3) is 11.1 Å². The summed E-state index contributed by atoms with van der Waals surface area (Å²) in [6.07, 6.45) is -0.127. The lowest BCUT2D eigenvalue weighted by molar-refractivity contribution is -0.137. The predicted molar refractivity (Wildman–Crippen MR) is 239 cm³/mol. The number of fused-ring (bicyclic) bond motifs is 18. The number of carboxylic acid groups (broad SMARTS) is 1. The van der Waals surface area contributed by atoms with Crippen molar-refractivity contribution in [1.82, 2.24) is 26.6 Å². The first-order valence-electron chi connectivity index (χ1n) is 20.8. The van der Waals surface area contributed by atoms with Crippen LogP contribution in [0.4, 0.5) is 5.69 Å². The molecule has 0 radical (unpaired) electrons. The molecule has 0 unspecified atom stereocenters. The van der Waals surface area contributed by atoms with Gasteiger partial charge in [0.2, 0.25) is 35.4 Å². The minimum Gasteiger partial charge on any atom is -0.481 e. The molecule has 3 heterocycles. The molecule has 326 valence electrons. The Kier molecular flexibility index (Phi) is 16.3. The van der Waals surface area contributed by atoms with Crippen LogP contribution in [0.15, 0.2) is 127 Å². The molecule has 63 heavy (non-hydrogen) atoms. The van der Waals surface area contributed by atoms with E-state index < -0.39 is 65.6 Å². The van der Waals surface area contributed by atoms with Crippen LogP contribution in [-0.2, 0) is 59.2 Å². The van der Waals surface area contributed by atoms with Crippen molar-refractivity contribution < 1.29 is 38.7 Å². The average molecular weight is 871 g/mol. The Morgan fingerprint density at radius 2 is 1.24 bits per heavy atom. The van der Waals surface area contributed by atoms with Gasteiger partial charge < -0.3 is 37.0 Å². The highest BCUT2D eigenvalue weighted by Gasteiger charge is 2.32. The summed E-state index contributed by atoms with van der Waals surface area (Å²) < 4.78 is 0. The first-order valence-corrected chi connectivity index (χ1v) is 21.7. The number of benzene rings is 4. The molecular weight excluding hydrogens is 821 g/mol. The van der Waals surface area contributed by atoms with Crippen LogP contribution in [-0.4, -0.2) is 77.2 Å². The zero-order chi connectivity index (χ0) is 44.6. The highest BCUT2D eigenvalue weighted by Crippen LogP contribution is 2.21. The molecule has 0 saturated heterocycles. The molecule has 6 amide bonds. The van der Waals surface area contributed by atoms with Crippen molar-refractivity contribution in [2.24, 2.45) is 0 Å². The van der Waals surface area contributed by atoms with Crippen molar-refractivity contribution in [3.8, 4) is 11.1 Å². The fraction of sp³-hybridized carbons (Fsp3) is 0.271. The number of thiophene rings is 1. The van der Waals surface area contributed by atoms with Gasteiger partial charge in [0.05, 0.1) is 6.42 Å². The van der Waals surface area contributed by atoms with Crippen LogP contribution >= 0.6 is 11.3 Å². The van der Waals surface area contributed by atoms with Gasteiger partial charge in [-0.25, -0.2) is 0 Å². The maximum absolute atomic E-state index is 14.6. The molecule has 2 aliphatic heterocycles. The zero-order valence-electron chi connectivity index (χ0n) is 34.5. The van der Waals surface area contributed by atoms with E-state index in [1.807, 2.05) is 102 Å². The lowest BCUT2D eigenvalue weighted by Gasteiger charge is -2.27. The summed E-state index contributed by atoms with van der Waals surface area (Å²) in [5.41, 5.74) is 4.59. The summed E-state index contributed by atoms with van der Waals surface area (Å²) >= 11 is 1.40. The summed E-state index contributed by atoms with van der Waals surface area (Å²) in [5.74, 6) is -4.71. The van der Waals surface area contributed by atoms with E-state index in [0.717, 1.165) is 21.6 Å². The van der Waals surface area contributed by atoms with Crippen molar-refractivity contribution >= 4 is 58.4 Å². The summed E-state index contributed by atoms with van der Waals surface area (Å²) in [4.78, 5) is 95.2. The molecule has 0 fully saturated rings. The Bertz CT molecular complexity index is 2340. The van der Waals surface area contributed by atoms with Crippen LogP contribution in [0, 0.1) is 0 Å². The van der Waals surface area contributed by atoms with E-state index in [1.165, 1.54) is 11.3 Å². The molecule has 4 atom stereocenters. The fourth-order valence-corrected chi connectivity index (χ4v) is 7.84. The molecule has 0 saturated carbocycles. The van der Waals surface area contributed by atoms with E-state index in [1.54, 1.807) is 24.3 Å². The number of hydrogen-bond donors (Lipinski definition) is 7. The number of carboxylic acids is 1. The number of carbonyl (C=O) groups excluding carboxylic acids is 6. The quantitative estimate of drug-likeness (QED) is 0.0895. The van der Waals surface area contributed by atoms with E-state index in [2.05, 4.69) is 31.9 Å². The third-order valence-corrected chi connectivity index (χ3v) is 11.4. The SMILES string of the molecule is O=C(O)CCNC(=O)[C@@H]1Cc2ccc(cc2)NC(=O)CCC(=O)N[C@H](Cc2cccs2)C(=O)N[C@@H](Cc2ccc(-c3ccccc3)cc2)C(=O)N[C@H](CCc2ccccc2)C(=O)N1. The fourth-order valence-electron chi connectivity index (χ4n) is 7.09. The Hall–Kier alpha value is -7.13. The van der Waals surface area contributed by atoms with E-state index in [9.17, 15) is 38.7 Å². The summed E-state index contributed by atoms with van der Waals surface area (Å²) in [6, 6.07) is 32.2. The summed E-state index contributed by atoms with van der Waals surface area (Å²) in [5, 5.41) is 27.7. The largest absolute Gasteiger partial charge is 0.481 e. The summed E-state index contributed by atoms with van der Waals surface area (Å²) in [6.45, 7) is -0.182. The highest BCUT2D eigenvalue weighted by atomic mass is 32.1. The van der Waals surface area contributed by atoms with Crippen LogP contribution in [0.1, 0.15) is 47.3 Å². The van der Waals surface area contributed by atoms with Gasteiger partial charge in [-0.05, 0) is 64.2 Å². The van der Waals surface area contributed by atoms with Crippen molar-refractivity contribution in [3.05, 3.63) is 148 Å². The van der Waals surface area contributed by atoms with Gasteiger partial charge in [0.15, 0.2) is 0 Å². The van der Waals surface area contributed by atoms with E-state index in [-0.39, 0.29) is 51.5 Å². The predicted octanol–water partition coefficient (Wildman–Crippen LogP) is 4.34. The second-order valence-corrected chi connectivity index (χ2v) is 16.3. The molecule has 2 bridgehead atoms. The lowest BCUT2D eigenvalue weighted by atomic mass is 9.99. The number of carbonyl (C=O) groups is 7. The number of aryl methyl sites for hydroxylation is 1. The van der Waals surface area contributed by atoms with E-state index >= 15 is 0 Å². The van der Waals surface area contributed by atoms with Crippen LogP contribution in [0.5, 0.6) is 0 Å². The third kappa shape index (κ3) is 14.2. The summed E-state index contributed by atoms with van der Waals surface area (Å²) in [7, 11) is 0. The maximum atomic E-state index is 14.6. The van der Waals surface area contributed by atoms with E-state index in [4.69, 9.17) is 0 Å². The number of hydrogen-bond acceptors (Lipinski definition) is 8. The second-order valence-electron chi connectivity index (χ2n) is 15.3. The van der Waals surface area contributed by atoms with Crippen LogP contribution < -0.4 is 31.9 Å². The number of anilines is 1. The second kappa shape index (κ2) is 22.6. The minimum absolute atomic E-state index is 0.0122. The number of aliphatic carboxylic acids is 1. The van der Waals surface area contributed by atoms with Gasteiger partial charge in [-0.2, -0.15) is 0 Å². The average Bonchev–Trinajstić information content (AvgIpc) is 3.80. The van der Waals surface area contributed by atoms with Gasteiger partial charge in [-0.3, -0.25) is 33.6 Å². The molecule has 2 aliphatic rings. The standard InChI is InChI=1S/C48H50N6O8S/c55-42-23-24-43(56)51-41(30-37-12-7-27-63-37)48(62)54-40(29-32-13-18-35(19-14-32)34-10-5-2-6-11-34)47(61)52-38(22-17-31-8-3-1-4-9-31)46(60)53-39(45(59)49-26-25-44(57)58)28-33-15-20-36(50-42)21-16-33/h1-16,18-21,27,38-41H,17,22-26,28-30H2,(H,49,59)(H,50,55)(H,51,56)(H,52,61)(H,53,60)(H,54,62)(H,57,58)/t38-,39+,40+,41-/m1/s1. The topological polar surface area (TPSA) is 212 Å². The Labute approximate surface area is 369 Å². The van der Waals surface area contributed by atoms with Crippen molar-refractivity contribution in [2.45, 2.75) is 75.5 Å². The van der Waals surface area contributed by atoms with Gasteiger partial charge in [-0.15, -0.1) is 11.3 Å². The number of nitrogens with one attached hydrogen (secondary N) is 6. The molecule has 7 N–H and O–H groups in total. The third-order valence-electron chi connectivity index (χ3n) is 10.5. The first kappa shape index (κ1) is 45.4. The molecule has 15 heteroatoms. The first-order chi connectivity index (χ1) is 30.5. The molecule has 0 spiro atoms. The molecular formula is C48H50N6O8S. The lowest BCUT2D eigenvalue weighted by Crippen LogP contribution is -2.59. The van der Waals surface area contributed by atoms with Crippen molar-refractivity contribution in [3.63, 3.8) is 0 Å². The molecule has 7 rings (SSSR count). The monoisotopic (exact) mass is 870 g/mol. The molecule has 14 nitrogen and oxygen atoms in total. The van der Waals surface area contributed by atoms with Crippen molar-refractivity contribution in [1.29, 1.82) is 0 Å². The van der Waals surface area contributed by atoms with Crippen molar-refractivity contribution in [2.75, 3.05) is 11.9 Å². The maximum Gasteiger partial charge on any atom is 0.305 e. The van der Waals surface area contributed by atoms with Gasteiger partial charge in [-0.1, -0.05) is 103 Å². The molecule has 0 aliphatic carbocycles. The smallest absolute Gasteiger partial charge is 0.305 e. The van der Waals surface area contributed by atoms with E-state index in [0.29, 0.717) is 23.2 Å². The van der Waals surface area contributed by atoms with Gasteiger partial charge in [0, 0.05) is 49.2 Å². The molecule has 5 aromatic rings.